The molecule has 82 valence electrons. The first-order valence-electron chi connectivity index (χ1n) is 5.08. The molecule has 0 aromatic heterocycles. The molecule has 0 aliphatic rings. The van der Waals surface area contributed by atoms with Crippen molar-refractivity contribution in [1.82, 2.24) is 0 Å². The zero-order valence-corrected chi connectivity index (χ0v) is 9.83. The highest BCUT2D eigenvalue weighted by Gasteiger charge is 2.05. The lowest BCUT2D eigenvalue weighted by atomic mass is 10.1. The summed E-state index contributed by atoms with van der Waals surface area (Å²) in [6, 6.07) is 7.23. The van der Waals surface area contributed by atoms with Crippen molar-refractivity contribution in [3.8, 4) is 11.8 Å². The van der Waals surface area contributed by atoms with E-state index in [0.29, 0.717) is 5.69 Å². The summed E-state index contributed by atoms with van der Waals surface area (Å²) in [7, 11) is 0. The van der Waals surface area contributed by atoms with Crippen LogP contribution in [0.2, 0.25) is 0 Å². The second-order valence-electron chi connectivity index (χ2n) is 3.43. The van der Waals surface area contributed by atoms with Gasteiger partial charge in [0.05, 0.1) is 0 Å². The molecule has 0 heterocycles. The average Bonchev–Trinajstić information content (AvgIpc) is 2.19. The second kappa shape index (κ2) is 6.10. The Balaban J connectivity index is 0.000000921. The van der Waals surface area contributed by atoms with Crippen LogP contribution in [0, 0.1) is 11.8 Å². The van der Waals surface area contributed by atoms with Crippen LogP contribution in [0.5, 0.6) is 0 Å². The van der Waals surface area contributed by atoms with Crippen LogP contribution >= 0.6 is 0 Å². The fourth-order valence-electron chi connectivity index (χ4n) is 0.792. The van der Waals surface area contributed by atoms with Crippen LogP contribution in [0.3, 0.4) is 0 Å². The second-order valence-corrected chi connectivity index (χ2v) is 3.43. The standard InChI is InChI=1S/C11H13NO.C2H6/c1-11(2,13)8-7-9-3-5-10(12)6-4-9;1-2/h3-6,13H,12H2,1-2H3;1-2H3. The molecule has 2 heteroatoms. The smallest absolute Gasteiger partial charge is 0.120 e. The number of rotatable bonds is 0. The highest BCUT2D eigenvalue weighted by Crippen LogP contribution is 2.05. The van der Waals surface area contributed by atoms with Gasteiger partial charge in [0.15, 0.2) is 0 Å². The van der Waals surface area contributed by atoms with Gasteiger partial charge in [0, 0.05) is 11.3 Å². The molecular formula is C13H19NO. The molecule has 0 bridgehead atoms. The topological polar surface area (TPSA) is 46.2 Å². The van der Waals surface area contributed by atoms with Gasteiger partial charge in [-0.3, -0.25) is 0 Å². The Labute approximate surface area is 92.1 Å². The largest absolute Gasteiger partial charge is 0.399 e. The number of nitrogens with two attached hydrogens (primary N) is 1. The van der Waals surface area contributed by atoms with Crippen LogP contribution < -0.4 is 5.73 Å². The molecule has 3 N–H and O–H groups in total. The number of anilines is 1. The van der Waals surface area contributed by atoms with E-state index in [9.17, 15) is 5.11 Å². The zero-order chi connectivity index (χ0) is 11.9. The predicted octanol–water partition coefficient (Wildman–Crippen LogP) is 2.42. The molecule has 0 spiro atoms. The number of hydrogen-bond acceptors (Lipinski definition) is 2. The predicted molar refractivity (Wildman–Crippen MR) is 65.4 cm³/mol. The van der Waals surface area contributed by atoms with Gasteiger partial charge in [0.25, 0.3) is 0 Å². The van der Waals surface area contributed by atoms with Crippen molar-refractivity contribution in [2.75, 3.05) is 5.73 Å². The Morgan fingerprint density at radius 1 is 1.13 bits per heavy atom. The SMILES string of the molecule is CC.CC(C)(O)C#Cc1ccc(N)cc1. The molecule has 0 unspecified atom stereocenters. The van der Waals surface area contributed by atoms with Gasteiger partial charge in [-0.2, -0.15) is 0 Å². The van der Waals surface area contributed by atoms with Crippen LogP contribution in [-0.2, 0) is 0 Å². The molecule has 0 radical (unpaired) electrons. The van der Waals surface area contributed by atoms with Crippen LogP contribution in [-0.4, -0.2) is 10.7 Å². The van der Waals surface area contributed by atoms with E-state index in [1.807, 2.05) is 26.0 Å². The van der Waals surface area contributed by atoms with E-state index >= 15 is 0 Å². The highest BCUT2D eigenvalue weighted by atomic mass is 16.3. The van der Waals surface area contributed by atoms with Crippen molar-refractivity contribution in [3.63, 3.8) is 0 Å². The van der Waals surface area contributed by atoms with Gasteiger partial charge in [0.2, 0.25) is 0 Å². The van der Waals surface area contributed by atoms with Crippen LogP contribution in [0.4, 0.5) is 5.69 Å². The summed E-state index contributed by atoms with van der Waals surface area (Å²) in [6.45, 7) is 7.30. The molecule has 0 amide bonds. The maximum Gasteiger partial charge on any atom is 0.120 e. The summed E-state index contributed by atoms with van der Waals surface area (Å²) in [5.41, 5.74) is 6.14. The molecule has 0 saturated carbocycles. The molecule has 0 atom stereocenters. The van der Waals surface area contributed by atoms with Gasteiger partial charge >= 0.3 is 0 Å². The Kier molecular flexibility index (Phi) is 5.51. The Hall–Kier alpha value is -1.46. The van der Waals surface area contributed by atoms with Crippen LogP contribution in [0.25, 0.3) is 0 Å². The van der Waals surface area contributed by atoms with Crippen molar-refractivity contribution < 1.29 is 5.11 Å². The van der Waals surface area contributed by atoms with E-state index in [1.54, 1.807) is 26.0 Å². The molecular weight excluding hydrogens is 186 g/mol. The molecule has 15 heavy (non-hydrogen) atoms. The quantitative estimate of drug-likeness (QED) is 0.504. The monoisotopic (exact) mass is 205 g/mol. The Morgan fingerprint density at radius 3 is 2.00 bits per heavy atom. The van der Waals surface area contributed by atoms with Crippen molar-refractivity contribution in [1.29, 1.82) is 0 Å². The van der Waals surface area contributed by atoms with E-state index in [2.05, 4.69) is 11.8 Å². The van der Waals surface area contributed by atoms with Gasteiger partial charge in [0.1, 0.15) is 5.60 Å². The fraction of sp³-hybridized carbons (Fsp3) is 0.385. The highest BCUT2D eigenvalue weighted by molar-refractivity contribution is 5.45. The molecule has 0 aliphatic heterocycles. The lowest BCUT2D eigenvalue weighted by Gasteiger charge is -2.05. The summed E-state index contributed by atoms with van der Waals surface area (Å²) in [5, 5.41) is 9.34. The number of aliphatic hydroxyl groups is 1. The van der Waals surface area contributed by atoms with Crippen LogP contribution in [0.1, 0.15) is 33.3 Å². The van der Waals surface area contributed by atoms with Gasteiger partial charge in [-0.25, -0.2) is 0 Å². The third-order valence-corrected chi connectivity index (χ3v) is 1.42. The van der Waals surface area contributed by atoms with E-state index in [-0.39, 0.29) is 0 Å². The minimum atomic E-state index is -0.943. The zero-order valence-electron chi connectivity index (χ0n) is 9.83. The summed E-state index contributed by atoms with van der Waals surface area (Å²) in [5.74, 6) is 5.58. The first-order valence-corrected chi connectivity index (χ1v) is 5.08. The van der Waals surface area contributed by atoms with E-state index < -0.39 is 5.60 Å². The maximum absolute atomic E-state index is 9.34. The van der Waals surface area contributed by atoms with Crippen molar-refractivity contribution in [2.24, 2.45) is 0 Å². The third kappa shape index (κ3) is 6.59. The normalized spacial score (nSPS) is 9.40. The molecule has 2 nitrogen and oxygen atoms in total. The fourth-order valence-corrected chi connectivity index (χ4v) is 0.792. The van der Waals surface area contributed by atoms with Crippen molar-refractivity contribution in [3.05, 3.63) is 29.8 Å². The summed E-state index contributed by atoms with van der Waals surface area (Å²) < 4.78 is 0. The minimum Gasteiger partial charge on any atom is -0.399 e. The lowest BCUT2D eigenvalue weighted by Crippen LogP contribution is -2.14. The average molecular weight is 205 g/mol. The Morgan fingerprint density at radius 2 is 1.60 bits per heavy atom. The van der Waals surface area contributed by atoms with Crippen LogP contribution in [0.15, 0.2) is 24.3 Å². The summed E-state index contributed by atoms with van der Waals surface area (Å²) in [4.78, 5) is 0. The first-order chi connectivity index (χ1) is 6.97. The van der Waals surface area contributed by atoms with Crippen molar-refractivity contribution in [2.45, 2.75) is 33.3 Å². The Bertz CT molecular complexity index is 336. The van der Waals surface area contributed by atoms with E-state index in [0.717, 1.165) is 5.56 Å². The molecule has 0 fully saturated rings. The summed E-state index contributed by atoms with van der Waals surface area (Å²) in [6.07, 6.45) is 0. The number of hydrogen-bond donors (Lipinski definition) is 2. The van der Waals surface area contributed by atoms with Gasteiger partial charge in [-0.05, 0) is 38.1 Å². The summed E-state index contributed by atoms with van der Waals surface area (Å²) >= 11 is 0. The lowest BCUT2D eigenvalue weighted by molar-refractivity contribution is 0.143. The molecule has 1 aromatic rings. The molecule has 1 rings (SSSR count). The number of nitrogen functional groups attached to an aromatic ring is 1. The number of benzene rings is 1. The van der Waals surface area contributed by atoms with Gasteiger partial charge in [-0.1, -0.05) is 25.7 Å². The third-order valence-electron chi connectivity index (χ3n) is 1.42. The maximum atomic E-state index is 9.34. The minimum absolute atomic E-state index is 0.716. The van der Waals surface area contributed by atoms with E-state index in [1.165, 1.54) is 0 Å². The van der Waals surface area contributed by atoms with E-state index in [4.69, 9.17) is 5.73 Å². The molecule has 1 aromatic carbocycles. The van der Waals surface area contributed by atoms with Gasteiger partial charge in [-0.15, -0.1) is 0 Å². The van der Waals surface area contributed by atoms with Crippen molar-refractivity contribution >= 4 is 5.69 Å². The molecule has 0 saturated heterocycles. The van der Waals surface area contributed by atoms with Gasteiger partial charge < -0.3 is 10.8 Å². The molecule has 0 aliphatic carbocycles. The first kappa shape index (κ1) is 13.5.